The summed E-state index contributed by atoms with van der Waals surface area (Å²) >= 11 is 1.06. The number of aromatic hydroxyl groups is 1. The summed E-state index contributed by atoms with van der Waals surface area (Å²) in [5.41, 5.74) is -0.453. The lowest BCUT2D eigenvalue weighted by molar-refractivity contribution is -0.0378. The van der Waals surface area contributed by atoms with Gasteiger partial charge in [0.2, 0.25) is 5.43 Å². The number of hydrazine groups is 1. The number of carbonyl (C=O) groups excluding carboxylic acids is 1. The molecule has 1 amide bonds. The van der Waals surface area contributed by atoms with Gasteiger partial charge in [0.25, 0.3) is 5.91 Å². The number of benzene rings is 1. The molecule has 33 heavy (non-hydrogen) atoms. The zero-order chi connectivity index (χ0) is 24.3. The number of rotatable bonds is 5. The van der Waals surface area contributed by atoms with Gasteiger partial charge in [-0.05, 0) is 18.6 Å². The molecule has 0 bridgehead atoms. The fourth-order valence-electron chi connectivity index (χ4n) is 3.52. The van der Waals surface area contributed by atoms with Crippen molar-refractivity contribution in [1.82, 2.24) is 24.8 Å². The molecule has 8 nitrogen and oxygen atoms in total. The van der Waals surface area contributed by atoms with E-state index in [1.54, 1.807) is 5.01 Å². The number of aromatic nitrogens is 3. The molecule has 2 aromatic heterocycles. The van der Waals surface area contributed by atoms with Crippen molar-refractivity contribution in [2.45, 2.75) is 40.8 Å². The van der Waals surface area contributed by atoms with Gasteiger partial charge in [0, 0.05) is 31.8 Å². The molecule has 0 saturated carbocycles. The first-order valence-electron chi connectivity index (χ1n) is 10.6. The molecule has 3 heterocycles. The van der Waals surface area contributed by atoms with Gasteiger partial charge in [-0.3, -0.25) is 14.6 Å². The minimum atomic E-state index is -0.726. The minimum Gasteiger partial charge on any atom is -0.503 e. The van der Waals surface area contributed by atoms with Gasteiger partial charge in [-0.25, -0.2) is 8.78 Å². The fraction of sp³-hybridized carbons (Fsp3) is 0.364. The molecule has 0 atom stereocenters. The summed E-state index contributed by atoms with van der Waals surface area (Å²) in [5, 5.41) is 22.4. The molecular weight excluding hydrogens is 452 g/mol. The molecule has 176 valence electrons. The van der Waals surface area contributed by atoms with Gasteiger partial charge in [0.05, 0.1) is 12.2 Å². The van der Waals surface area contributed by atoms with Crippen molar-refractivity contribution in [2.24, 2.45) is 0 Å². The van der Waals surface area contributed by atoms with E-state index < -0.39 is 28.7 Å². The maximum Gasteiger partial charge on any atom is 0.288 e. The van der Waals surface area contributed by atoms with Crippen LogP contribution in [0.25, 0.3) is 10.6 Å². The van der Waals surface area contributed by atoms with E-state index in [0.717, 1.165) is 23.5 Å². The maximum absolute atomic E-state index is 13.9. The molecule has 1 aromatic carbocycles. The van der Waals surface area contributed by atoms with Crippen LogP contribution in [0.3, 0.4) is 0 Å². The van der Waals surface area contributed by atoms with Crippen molar-refractivity contribution < 1.29 is 18.7 Å². The van der Waals surface area contributed by atoms with E-state index >= 15 is 0 Å². The first kappa shape index (κ1) is 24.5. The number of nitrogens with zero attached hydrogens (tertiary/aromatic N) is 5. The van der Waals surface area contributed by atoms with Crippen molar-refractivity contribution in [1.29, 1.82) is 0 Å². The van der Waals surface area contributed by atoms with Crippen LogP contribution in [0.1, 0.15) is 48.8 Å². The molecule has 0 saturated heterocycles. The van der Waals surface area contributed by atoms with E-state index in [1.165, 1.54) is 21.8 Å². The molecule has 1 aliphatic rings. The Hall–Kier alpha value is -3.18. The number of pyridine rings is 1. The molecule has 3 aromatic rings. The van der Waals surface area contributed by atoms with Gasteiger partial charge in [0.15, 0.2) is 16.5 Å². The van der Waals surface area contributed by atoms with Crippen molar-refractivity contribution in [3.8, 4) is 16.3 Å². The highest BCUT2D eigenvalue weighted by molar-refractivity contribution is 7.14. The molecule has 1 aliphatic heterocycles. The van der Waals surface area contributed by atoms with Crippen molar-refractivity contribution in [2.75, 3.05) is 13.1 Å². The van der Waals surface area contributed by atoms with Crippen molar-refractivity contribution >= 4 is 17.2 Å². The first-order valence-corrected chi connectivity index (χ1v) is 11.5. The van der Waals surface area contributed by atoms with Gasteiger partial charge in [-0.2, -0.15) is 5.01 Å². The monoisotopic (exact) mass is 477 g/mol. The second kappa shape index (κ2) is 10.2. The molecule has 0 spiro atoms. The Balaban J connectivity index is 0.00000149. The Morgan fingerprint density at radius 1 is 1.12 bits per heavy atom. The Kier molecular flexibility index (Phi) is 7.54. The second-order valence-corrected chi connectivity index (χ2v) is 8.00. The summed E-state index contributed by atoms with van der Waals surface area (Å²) in [4.78, 5) is 25.6. The summed E-state index contributed by atoms with van der Waals surface area (Å²) in [6.45, 7) is 8.95. The highest BCUT2D eigenvalue weighted by Gasteiger charge is 2.33. The summed E-state index contributed by atoms with van der Waals surface area (Å²) in [6.07, 6.45) is 1.56. The van der Waals surface area contributed by atoms with Crippen LogP contribution in [0.15, 0.2) is 29.2 Å². The largest absolute Gasteiger partial charge is 0.503 e. The van der Waals surface area contributed by atoms with E-state index in [4.69, 9.17) is 0 Å². The van der Waals surface area contributed by atoms with Gasteiger partial charge in [-0.15, -0.1) is 10.2 Å². The van der Waals surface area contributed by atoms with E-state index in [9.17, 15) is 23.5 Å². The Labute approximate surface area is 193 Å². The van der Waals surface area contributed by atoms with Crippen molar-refractivity contribution in [3.63, 3.8) is 0 Å². The topological polar surface area (TPSA) is 91.6 Å². The average molecular weight is 478 g/mol. The molecule has 0 aliphatic carbocycles. The molecule has 1 N–H and O–H groups in total. The smallest absolute Gasteiger partial charge is 0.288 e. The predicted molar refractivity (Wildman–Crippen MR) is 121 cm³/mol. The number of carbonyl (C=O) groups is 1. The molecular formula is C22H25F2N5O3S. The zero-order valence-electron chi connectivity index (χ0n) is 18.8. The SMILES string of the molecule is CC.CCN1Cn2cc(-c3nnc(Cc4ccc(F)cc4F)s3)c(=O)c(O)c2C(=O)N1CC. The Bertz CT molecular complexity index is 1230. The zero-order valence-corrected chi connectivity index (χ0v) is 19.6. The molecule has 0 radical (unpaired) electrons. The second-order valence-electron chi connectivity index (χ2n) is 6.94. The summed E-state index contributed by atoms with van der Waals surface area (Å²) in [5.74, 6) is -2.46. The predicted octanol–water partition coefficient (Wildman–Crippen LogP) is 3.64. The van der Waals surface area contributed by atoms with E-state index in [-0.39, 0.29) is 34.9 Å². The highest BCUT2D eigenvalue weighted by atomic mass is 32.1. The minimum absolute atomic E-state index is 0.0709. The Morgan fingerprint density at radius 3 is 2.48 bits per heavy atom. The van der Waals surface area contributed by atoms with Crippen LogP contribution < -0.4 is 5.43 Å². The summed E-state index contributed by atoms with van der Waals surface area (Å²) < 4.78 is 28.6. The van der Waals surface area contributed by atoms with Gasteiger partial charge < -0.3 is 9.67 Å². The number of hydrogen-bond acceptors (Lipinski definition) is 7. The lowest BCUT2D eigenvalue weighted by Gasteiger charge is -2.39. The Morgan fingerprint density at radius 2 is 1.85 bits per heavy atom. The third-order valence-electron chi connectivity index (χ3n) is 5.07. The number of fused-ring (bicyclic) bond motifs is 1. The van der Waals surface area contributed by atoms with Crippen LogP contribution >= 0.6 is 11.3 Å². The lowest BCUT2D eigenvalue weighted by atomic mass is 10.1. The number of amides is 1. The van der Waals surface area contributed by atoms with Crippen LogP contribution in [0.5, 0.6) is 5.75 Å². The first-order chi connectivity index (χ1) is 15.8. The number of hydrogen-bond donors (Lipinski definition) is 1. The molecule has 0 unspecified atom stereocenters. The quantitative estimate of drug-likeness (QED) is 0.603. The third kappa shape index (κ3) is 4.64. The number of halogens is 2. The fourth-order valence-corrected chi connectivity index (χ4v) is 4.39. The average Bonchev–Trinajstić information content (AvgIpc) is 3.27. The summed E-state index contributed by atoms with van der Waals surface area (Å²) in [7, 11) is 0. The van der Waals surface area contributed by atoms with Crippen LogP contribution in [0.4, 0.5) is 8.78 Å². The van der Waals surface area contributed by atoms with E-state index in [2.05, 4.69) is 10.2 Å². The highest BCUT2D eigenvalue weighted by Crippen LogP contribution is 2.28. The van der Waals surface area contributed by atoms with E-state index in [1.807, 2.05) is 27.7 Å². The van der Waals surface area contributed by atoms with Gasteiger partial charge in [-0.1, -0.05) is 38.2 Å². The van der Waals surface area contributed by atoms with Gasteiger partial charge >= 0.3 is 0 Å². The maximum atomic E-state index is 13.9. The lowest BCUT2D eigenvalue weighted by Crippen LogP contribution is -2.52. The standard InChI is InChI=1S/C20H19F2N5O3S.C2H6/c1-3-26-10-25-9-13(17(28)18(29)16(25)20(30)27(26)4-2)19-24-23-15(31-19)7-11-5-6-12(21)8-14(11)22;1-2/h5-6,8-9,29H,3-4,7,10H2,1-2H3;1-2H3. The third-order valence-corrected chi connectivity index (χ3v) is 6.03. The normalized spacial score (nSPS) is 13.5. The van der Waals surface area contributed by atoms with Crippen molar-refractivity contribution in [3.05, 3.63) is 62.5 Å². The van der Waals surface area contributed by atoms with Crippen LogP contribution in [0, 0.1) is 11.6 Å². The molecule has 4 rings (SSSR count). The summed E-state index contributed by atoms with van der Waals surface area (Å²) in [6, 6.07) is 3.28. The van der Waals surface area contributed by atoms with Gasteiger partial charge in [0.1, 0.15) is 16.6 Å². The molecule has 0 fully saturated rings. The molecule has 11 heteroatoms. The van der Waals surface area contributed by atoms with Crippen LogP contribution in [0.2, 0.25) is 0 Å². The van der Waals surface area contributed by atoms with Crippen LogP contribution in [-0.2, 0) is 13.1 Å². The van der Waals surface area contributed by atoms with Crippen LogP contribution in [-0.4, -0.2) is 48.9 Å². The van der Waals surface area contributed by atoms with E-state index in [0.29, 0.717) is 18.1 Å².